The maximum atomic E-state index is 12.1. The van der Waals surface area contributed by atoms with Crippen LogP contribution in [0.15, 0.2) is 0 Å². The van der Waals surface area contributed by atoms with Crippen LogP contribution < -0.4 is 5.32 Å². The molecule has 0 aliphatic carbocycles. The summed E-state index contributed by atoms with van der Waals surface area (Å²) in [6, 6.07) is 0.385. The van der Waals surface area contributed by atoms with Gasteiger partial charge in [-0.15, -0.1) is 0 Å². The van der Waals surface area contributed by atoms with E-state index in [-0.39, 0.29) is 6.09 Å². The van der Waals surface area contributed by atoms with Crippen LogP contribution >= 0.6 is 0 Å². The third-order valence-electron chi connectivity index (χ3n) is 3.59. The Morgan fingerprint density at radius 3 is 2.75 bits per heavy atom. The van der Waals surface area contributed by atoms with Gasteiger partial charge in [-0.05, 0) is 46.5 Å². The summed E-state index contributed by atoms with van der Waals surface area (Å²) in [5.74, 6) is 0.480. The summed E-state index contributed by atoms with van der Waals surface area (Å²) >= 11 is 0. The maximum Gasteiger partial charge on any atom is 0.410 e. The molecule has 0 radical (unpaired) electrons. The number of piperidine rings is 1. The summed E-state index contributed by atoms with van der Waals surface area (Å²) in [7, 11) is 1.71. The highest BCUT2D eigenvalue weighted by Gasteiger charge is 2.29. The second-order valence-electron chi connectivity index (χ2n) is 6.56. The Bertz CT molecular complexity index is 302. The molecule has 0 bridgehead atoms. The number of nitrogens with one attached hydrogen (secondary N) is 1. The smallest absolute Gasteiger partial charge is 0.410 e. The van der Waals surface area contributed by atoms with Gasteiger partial charge in [-0.3, -0.25) is 0 Å². The molecular weight excluding hydrogens is 256 g/mol. The van der Waals surface area contributed by atoms with Gasteiger partial charge in [0, 0.05) is 32.8 Å². The van der Waals surface area contributed by atoms with E-state index < -0.39 is 5.60 Å². The molecule has 1 aliphatic heterocycles. The van der Waals surface area contributed by atoms with E-state index in [1.54, 1.807) is 7.11 Å². The summed E-state index contributed by atoms with van der Waals surface area (Å²) in [6.45, 7) is 11.0. The van der Waals surface area contributed by atoms with Crippen molar-refractivity contribution in [3.63, 3.8) is 0 Å². The van der Waals surface area contributed by atoms with Crippen molar-refractivity contribution in [2.75, 3.05) is 33.4 Å². The molecule has 0 aromatic rings. The number of methoxy groups -OCH3 is 1. The first-order valence-electron chi connectivity index (χ1n) is 7.53. The van der Waals surface area contributed by atoms with E-state index in [0.717, 1.165) is 32.5 Å². The molecule has 0 spiro atoms. The fraction of sp³-hybridized carbons (Fsp3) is 0.933. The summed E-state index contributed by atoms with van der Waals surface area (Å²) in [5, 5.41) is 3.46. The largest absolute Gasteiger partial charge is 0.444 e. The van der Waals surface area contributed by atoms with Crippen LogP contribution in [-0.2, 0) is 9.47 Å². The molecule has 1 amide bonds. The molecule has 1 heterocycles. The number of carbonyl (C=O) groups excluding carboxylic acids is 1. The van der Waals surface area contributed by atoms with E-state index in [4.69, 9.17) is 9.47 Å². The lowest BCUT2D eigenvalue weighted by Gasteiger charge is -2.36. The summed E-state index contributed by atoms with van der Waals surface area (Å²) in [6.07, 6.45) is 2.01. The number of rotatable bonds is 5. The molecule has 0 saturated carbocycles. The highest BCUT2D eigenvalue weighted by molar-refractivity contribution is 5.68. The van der Waals surface area contributed by atoms with Gasteiger partial charge in [0.1, 0.15) is 5.60 Å². The van der Waals surface area contributed by atoms with Gasteiger partial charge in [-0.2, -0.15) is 0 Å². The maximum absolute atomic E-state index is 12.1. The van der Waals surface area contributed by atoms with Crippen molar-refractivity contribution >= 4 is 6.09 Å². The van der Waals surface area contributed by atoms with Gasteiger partial charge < -0.3 is 19.7 Å². The van der Waals surface area contributed by atoms with Crippen LogP contribution in [0.3, 0.4) is 0 Å². The Hall–Kier alpha value is -0.810. The SMILES string of the molecule is COCCNC(C)C1CCCN(C(=O)OC(C)(C)C)C1. The average Bonchev–Trinajstić information content (AvgIpc) is 2.37. The van der Waals surface area contributed by atoms with Crippen LogP contribution in [0, 0.1) is 5.92 Å². The molecule has 2 unspecified atom stereocenters. The van der Waals surface area contributed by atoms with Gasteiger partial charge in [0.15, 0.2) is 0 Å². The normalized spacial score (nSPS) is 21.6. The van der Waals surface area contributed by atoms with Gasteiger partial charge in [-0.25, -0.2) is 4.79 Å². The molecule has 5 nitrogen and oxygen atoms in total. The quantitative estimate of drug-likeness (QED) is 0.788. The third kappa shape index (κ3) is 6.09. The number of carbonyl (C=O) groups is 1. The Labute approximate surface area is 123 Å². The molecule has 0 aromatic heterocycles. The Balaban J connectivity index is 2.43. The van der Waals surface area contributed by atoms with Crippen molar-refractivity contribution in [1.29, 1.82) is 0 Å². The van der Waals surface area contributed by atoms with E-state index in [0.29, 0.717) is 18.6 Å². The van der Waals surface area contributed by atoms with E-state index in [1.165, 1.54) is 0 Å². The van der Waals surface area contributed by atoms with Crippen LogP contribution in [-0.4, -0.2) is 56.0 Å². The minimum atomic E-state index is -0.424. The average molecular weight is 286 g/mol. The second-order valence-corrected chi connectivity index (χ2v) is 6.56. The summed E-state index contributed by atoms with van der Waals surface area (Å²) in [5.41, 5.74) is -0.424. The van der Waals surface area contributed by atoms with Gasteiger partial charge in [0.25, 0.3) is 0 Å². The molecule has 20 heavy (non-hydrogen) atoms. The summed E-state index contributed by atoms with van der Waals surface area (Å²) in [4.78, 5) is 13.9. The third-order valence-corrected chi connectivity index (χ3v) is 3.59. The fourth-order valence-electron chi connectivity index (χ4n) is 2.47. The van der Waals surface area contributed by atoms with E-state index in [9.17, 15) is 4.79 Å². The standard InChI is InChI=1S/C15H30N2O3/c1-12(16-8-10-19-5)13-7-6-9-17(11-13)14(18)20-15(2,3)4/h12-13,16H,6-11H2,1-5H3. The van der Waals surface area contributed by atoms with Crippen LogP contribution in [0.1, 0.15) is 40.5 Å². The van der Waals surface area contributed by atoms with Gasteiger partial charge >= 0.3 is 6.09 Å². The number of nitrogens with zero attached hydrogens (tertiary/aromatic N) is 1. The molecule has 1 fully saturated rings. The molecule has 5 heteroatoms. The Morgan fingerprint density at radius 2 is 2.15 bits per heavy atom. The zero-order valence-electron chi connectivity index (χ0n) is 13.6. The van der Waals surface area contributed by atoms with Crippen molar-refractivity contribution in [1.82, 2.24) is 10.2 Å². The lowest BCUT2D eigenvalue weighted by atomic mass is 9.92. The predicted octanol–water partition coefficient (Wildman–Crippen LogP) is 2.26. The van der Waals surface area contributed by atoms with E-state index >= 15 is 0 Å². The van der Waals surface area contributed by atoms with Crippen molar-refractivity contribution in [2.24, 2.45) is 5.92 Å². The Kier molecular flexibility index (Phi) is 6.76. The van der Waals surface area contributed by atoms with Crippen LogP contribution in [0.2, 0.25) is 0 Å². The molecule has 1 saturated heterocycles. The van der Waals surface area contributed by atoms with Crippen LogP contribution in [0.25, 0.3) is 0 Å². The van der Waals surface area contributed by atoms with Crippen LogP contribution in [0.4, 0.5) is 4.79 Å². The monoisotopic (exact) mass is 286 g/mol. The number of hydrogen-bond donors (Lipinski definition) is 1. The molecule has 0 aromatic carbocycles. The molecule has 1 N–H and O–H groups in total. The van der Waals surface area contributed by atoms with Gasteiger partial charge in [-0.1, -0.05) is 0 Å². The van der Waals surface area contributed by atoms with E-state index in [1.807, 2.05) is 25.7 Å². The van der Waals surface area contributed by atoms with Crippen molar-refractivity contribution in [3.05, 3.63) is 0 Å². The Morgan fingerprint density at radius 1 is 1.45 bits per heavy atom. The van der Waals surface area contributed by atoms with E-state index in [2.05, 4.69) is 12.2 Å². The lowest BCUT2D eigenvalue weighted by Crippen LogP contribution is -2.48. The molecule has 1 rings (SSSR count). The van der Waals surface area contributed by atoms with Crippen molar-refractivity contribution < 1.29 is 14.3 Å². The van der Waals surface area contributed by atoms with Crippen LogP contribution in [0.5, 0.6) is 0 Å². The zero-order chi connectivity index (χ0) is 15.2. The minimum absolute atomic E-state index is 0.189. The first-order chi connectivity index (χ1) is 9.33. The van der Waals surface area contributed by atoms with Gasteiger partial charge in [0.2, 0.25) is 0 Å². The fourth-order valence-corrected chi connectivity index (χ4v) is 2.47. The molecule has 1 aliphatic rings. The predicted molar refractivity (Wildman–Crippen MR) is 79.9 cm³/mol. The highest BCUT2D eigenvalue weighted by Crippen LogP contribution is 2.21. The first-order valence-corrected chi connectivity index (χ1v) is 7.53. The zero-order valence-corrected chi connectivity index (χ0v) is 13.6. The van der Waals surface area contributed by atoms with Crippen molar-refractivity contribution in [2.45, 2.75) is 52.2 Å². The second kappa shape index (κ2) is 7.84. The molecule has 118 valence electrons. The highest BCUT2D eigenvalue weighted by atomic mass is 16.6. The molecular formula is C15H30N2O3. The number of likely N-dealkylation sites (tertiary alicyclic amines) is 1. The van der Waals surface area contributed by atoms with Gasteiger partial charge in [0.05, 0.1) is 6.61 Å². The first kappa shape index (κ1) is 17.2. The van der Waals surface area contributed by atoms with Crippen molar-refractivity contribution in [3.8, 4) is 0 Å². The molecule has 2 atom stereocenters. The number of amides is 1. The number of ether oxygens (including phenoxy) is 2. The summed E-state index contributed by atoms with van der Waals surface area (Å²) < 4.78 is 10.5. The topological polar surface area (TPSA) is 50.8 Å². The number of hydrogen-bond acceptors (Lipinski definition) is 4. The lowest BCUT2D eigenvalue weighted by molar-refractivity contribution is 0.0147. The minimum Gasteiger partial charge on any atom is -0.444 e.